The molecule has 0 bridgehead atoms. The van der Waals surface area contributed by atoms with Crippen LogP contribution in [0.25, 0.3) is 11.3 Å². The van der Waals surface area contributed by atoms with Crippen molar-refractivity contribution in [3.63, 3.8) is 0 Å². The summed E-state index contributed by atoms with van der Waals surface area (Å²) >= 11 is 0. The van der Waals surface area contributed by atoms with Gasteiger partial charge in [-0.05, 0) is 18.6 Å². The minimum atomic E-state index is -4.47. The molecule has 98 valence electrons. The number of alkyl halides is 3. The summed E-state index contributed by atoms with van der Waals surface area (Å²) in [5.74, 6) is 0. The minimum Gasteiger partial charge on any atom is -0.339 e. The summed E-state index contributed by atoms with van der Waals surface area (Å²) in [5, 5.41) is 9.01. The summed E-state index contributed by atoms with van der Waals surface area (Å²) in [6.07, 6.45) is -4.47. The molecule has 1 heterocycles. The summed E-state index contributed by atoms with van der Waals surface area (Å²) in [6.45, 7) is 1.89. The Labute approximate surface area is 108 Å². The fourth-order valence-corrected chi connectivity index (χ4v) is 2.02. The predicted molar refractivity (Wildman–Crippen MR) is 65.3 cm³/mol. The van der Waals surface area contributed by atoms with Crippen molar-refractivity contribution >= 4 is 0 Å². The lowest BCUT2D eigenvalue weighted by atomic mass is 10.1. The maximum Gasteiger partial charge on any atom is 0.431 e. The first-order valence-corrected chi connectivity index (χ1v) is 5.58. The van der Waals surface area contributed by atoms with Gasteiger partial charge in [0.25, 0.3) is 0 Å². The molecule has 0 saturated carbocycles. The highest BCUT2D eigenvalue weighted by molar-refractivity contribution is 5.69. The van der Waals surface area contributed by atoms with Crippen molar-refractivity contribution in [3.8, 4) is 17.3 Å². The van der Waals surface area contributed by atoms with E-state index in [0.29, 0.717) is 5.56 Å². The zero-order valence-corrected chi connectivity index (χ0v) is 10.4. The van der Waals surface area contributed by atoms with Gasteiger partial charge in [-0.2, -0.15) is 18.4 Å². The van der Waals surface area contributed by atoms with Gasteiger partial charge >= 0.3 is 6.18 Å². The van der Waals surface area contributed by atoms with Crippen LogP contribution in [0.4, 0.5) is 13.2 Å². The molecule has 0 amide bonds. The molecule has 0 aliphatic carbocycles. The van der Waals surface area contributed by atoms with Crippen molar-refractivity contribution in [3.05, 3.63) is 47.2 Å². The van der Waals surface area contributed by atoms with Gasteiger partial charge in [-0.1, -0.05) is 29.8 Å². The Morgan fingerprint density at radius 1 is 1.16 bits per heavy atom. The van der Waals surface area contributed by atoms with Crippen LogP contribution in [0.15, 0.2) is 30.3 Å². The van der Waals surface area contributed by atoms with Crippen LogP contribution in [0.3, 0.4) is 0 Å². The molecule has 0 spiro atoms. The quantitative estimate of drug-likeness (QED) is 0.768. The topological polar surface area (TPSA) is 28.7 Å². The second kappa shape index (κ2) is 4.47. The normalized spacial score (nSPS) is 11.4. The first-order chi connectivity index (χ1) is 8.84. The van der Waals surface area contributed by atoms with E-state index in [1.54, 1.807) is 24.3 Å². The van der Waals surface area contributed by atoms with E-state index in [-0.39, 0.29) is 11.3 Å². The number of aryl methyl sites for hydroxylation is 1. The summed E-state index contributed by atoms with van der Waals surface area (Å²) < 4.78 is 39.5. The zero-order valence-electron chi connectivity index (χ0n) is 10.4. The molecule has 1 aromatic heterocycles. The largest absolute Gasteiger partial charge is 0.431 e. The number of aromatic nitrogens is 1. The van der Waals surface area contributed by atoms with E-state index in [0.717, 1.165) is 16.2 Å². The van der Waals surface area contributed by atoms with Gasteiger partial charge in [0.1, 0.15) is 11.8 Å². The van der Waals surface area contributed by atoms with E-state index < -0.39 is 11.9 Å². The van der Waals surface area contributed by atoms with Crippen molar-refractivity contribution in [1.29, 1.82) is 5.26 Å². The SMILES string of the molecule is Cc1ccc(-c2c(C#N)cc(C(F)(F)F)n2C)cc1. The monoisotopic (exact) mass is 264 g/mol. The average molecular weight is 264 g/mol. The second-order valence-electron chi connectivity index (χ2n) is 4.33. The van der Waals surface area contributed by atoms with Gasteiger partial charge in [0.2, 0.25) is 0 Å². The summed E-state index contributed by atoms with van der Waals surface area (Å²) in [4.78, 5) is 0. The second-order valence-corrected chi connectivity index (χ2v) is 4.33. The maximum atomic E-state index is 12.8. The Hall–Kier alpha value is -2.22. The molecular weight excluding hydrogens is 253 g/mol. The Morgan fingerprint density at radius 2 is 1.74 bits per heavy atom. The molecule has 1 aromatic carbocycles. The Kier molecular flexibility index (Phi) is 3.11. The molecule has 0 atom stereocenters. The van der Waals surface area contributed by atoms with E-state index >= 15 is 0 Å². The molecule has 0 radical (unpaired) electrons. The fraction of sp³-hybridized carbons (Fsp3) is 0.214. The van der Waals surface area contributed by atoms with Crippen LogP contribution in [0.5, 0.6) is 0 Å². The smallest absolute Gasteiger partial charge is 0.339 e. The molecule has 0 N–H and O–H groups in total. The average Bonchev–Trinajstić information content (AvgIpc) is 2.67. The molecule has 0 saturated heterocycles. The number of nitriles is 1. The van der Waals surface area contributed by atoms with Crippen molar-refractivity contribution in [2.45, 2.75) is 13.1 Å². The van der Waals surface area contributed by atoms with Gasteiger partial charge in [-0.15, -0.1) is 0 Å². The van der Waals surface area contributed by atoms with Crippen LogP contribution < -0.4 is 0 Å². The lowest BCUT2D eigenvalue weighted by molar-refractivity contribution is -0.143. The molecule has 2 nitrogen and oxygen atoms in total. The van der Waals surface area contributed by atoms with Gasteiger partial charge in [-0.3, -0.25) is 0 Å². The van der Waals surface area contributed by atoms with Crippen molar-refractivity contribution in [2.75, 3.05) is 0 Å². The van der Waals surface area contributed by atoms with Crippen LogP contribution in [0.1, 0.15) is 16.8 Å². The van der Waals surface area contributed by atoms with Crippen molar-refractivity contribution in [1.82, 2.24) is 4.57 Å². The molecule has 0 fully saturated rings. The van der Waals surface area contributed by atoms with Gasteiger partial charge in [0.15, 0.2) is 0 Å². The number of benzene rings is 1. The van der Waals surface area contributed by atoms with Crippen LogP contribution in [0, 0.1) is 18.3 Å². The molecule has 5 heteroatoms. The first kappa shape index (κ1) is 13.2. The third kappa shape index (κ3) is 2.34. The van der Waals surface area contributed by atoms with E-state index in [1.165, 1.54) is 7.05 Å². The molecule has 2 aromatic rings. The highest BCUT2D eigenvalue weighted by Gasteiger charge is 2.35. The van der Waals surface area contributed by atoms with E-state index in [9.17, 15) is 13.2 Å². The van der Waals surface area contributed by atoms with Crippen LogP contribution >= 0.6 is 0 Å². The van der Waals surface area contributed by atoms with Gasteiger partial charge in [0.05, 0.1) is 11.3 Å². The van der Waals surface area contributed by atoms with Gasteiger partial charge < -0.3 is 4.57 Å². The Bertz CT molecular complexity index is 643. The van der Waals surface area contributed by atoms with E-state index in [2.05, 4.69) is 0 Å². The molecule has 2 rings (SSSR count). The van der Waals surface area contributed by atoms with Gasteiger partial charge in [-0.25, -0.2) is 0 Å². The highest BCUT2D eigenvalue weighted by Crippen LogP contribution is 2.35. The lowest BCUT2D eigenvalue weighted by Crippen LogP contribution is -2.11. The maximum absolute atomic E-state index is 12.8. The van der Waals surface area contributed by atoms with E-state index in [4.69, 9.17) is 5.26 Å². The third-order valence-electron chi connectivity index (χ3n) is 2.97. The highest BCUT2D eigenvalue weighted by atomic mass is 19.4. The Morgan fingerprint density at radius 3 is 2.21 bits per heavy atom. The molecule has 0 aliphatic heterocycles. The zero-order chi connectivity index (χ0) is 14.2. The van der Waals surface area contributed by atoms with Crippen LogP contribution in [-0.4, -0.2) is 4.57 Å². The summed E-state index contributed by atoms with van der Waals surface area (Å²) in [7, 11) is 1.32. The number of hydrogen-bond acceptors (Lipinski definition) is 1. The van der Waals surface area contributed by atoms with Crippen LogP contribution in [-0.2, 0) is 13.2 Å². The van der Waals surface area contributed by atoms with Crippen molar-refractivity contribution in [2.24, 2.45) is 7.05 Å². The summed E-state index contributed by atoms with van der Waals surface area (Å²) in [6, 6.07) is 9.74. The standard InChI is InChI=1S/C14H11F3N2/c1-9-3-5-10(6-4-9)13-11(8-18)7-12(19(13)2)14(15,16)17/h3-7H,1-2H3. The molecule has 19 heavy (non-hydrogen) atoms. The first-order valence-electron chi connectivity index (χ1n) is 5.58. The molecule has 0 aliphatic rings. The van der Waals surface area contributed by atoms with Gasteiger partial charge in [0, 0.05) is 7.05 Å². The predicted octanol–water partition coefficient (Wildman–Crippen LogP) is 3.89. The fourth-order valence-electron chi connectivity index (χ4n) is 2.02. The van der Waals surface area contributed by atoms with E-state index in [1.807, 2.05) is 13.0 Å². The number of halogens is 3. The molecular formula is C14H11F3N2. The minimum absolute atomic E-state index is 0.0266. The van der Waals surface area contributed by atoms with Crippen molar-refractivity contribution < 1.29 is 13.2 Å². The number of hydrogen-bond donors (Lipinski definition) is 0. The lowest BCUT2D eigenvalue weighted by Gasteiger charge is -2.10. The Balaban J connectivity index is 2.67. The molecule has 0 unspecified atom stereocenters. The van der Waals surface area contributed by atoms with Crippen LogP contribution in [0.2, 0.25) is 0 Å². The third-order valence-corrected chi connectivity index (χ3v) is 2.97. The number of nitrogens with zero attached hydrogens (tertiary/aromatic N) is 2. The number of rotatable bonds is 1. The summed E-state index contributed by atoms with van der Waals surface area (Å²) in [5.41, 5.74) is 1.10.